The quantitative estimate of drug-likeness (QED) is 0.0776. The third-order valence-corrected chi connectivity index (χ3v) is 19.8. The Morgan fingerprint density at radius 3 is 1.27 bits per heavy atom. The van der Waals surface area contributed by atoms with Crippen LogP contribution >= 0.6 is 0 Å². The summed E-state index contributed by atoms with van der Waals surface area (Å²) in [7, 11) is 3.84. The van der Waals surface area contributed by atoms with Gasteiger partial charge in [-0.05, 0) is 253 Å². The van der Waals surface area contributed by atoms with Gasteiger partial charge in [0.2, 0.25) is 0 Å². The molecule has 694 valence electrons. The molecule has 0 saturated carbocycles. The van der Waals surface area contributed by atoms with Crippen LogP contribution in [0, 0.1) is 25.2 Å². The number of aliphatic hydroxyl groups is 4. The van der Waals surface area contributed by atoms with Crippen LogP contribution in [0.25, 0.3) is 0 Å². The number of ether oxygens (including phenoxy) is 12. The van der Waals surface area contributed by atoms with Crippen LogP contribution < -0.4 is 10.6 Å². The molecule has 11 heterocycles. The second-order valence-electron chi connectivity index (χ2n) is 36.9. The van der Waals surface area contributed by atoms with Gasteiger partial charge in [-0.1, -0.05) is 10.3 Å². The Kier molecular flexibility index (Phi) is 39.5. The molecule has 0 radical (unpaired) electrons. The minimum absolute atomic E-state index is 0.0262. The second kappa shape index (κ2) is 46.1. The van der Waals surface area contributed by atoms with Crippen LogP contribution in [0.1, 0.15) is 256 Å². The van der Waals surface area contributed by atoms with Gasteiger partial charge in [-0.25, -0.2) is 38.4 Å². The topological polar surface area (TPSA) is 487 Å². The molecular weight excluding hydrogens is 1600 g/mol. The average Bonchev–Trinajstić information content (AvgIpc) is 1.53. The highest BCUT2D eigenvalue weighted by atomic mass is 16.7. The average molecular weight is 1740 g/mol. The van der Waals surface area contributed by atoms with E-state index in [4.69, 9.17) is 61.7 Å². The van der Waals surface area contributed by atoms with Gasteiger partial charge < -0.3 is 121 Å². The van der Waals surface area contributed by atoms with Crippen molar-refractivity contribution in [2.75, 3.05) is 126 Å². The predicted octanol–water partition coefficient (Wildman–Crippen LogP) is 8.62. The van der Waals surface area contributed by atoms with E-state index in [0.29, 0.717) is 153 Å². The zero-order chi connectivity index (χ0) is 91.4. The van der Waals surface area contributed by atoms with Crippen molar-refractivity contribution in [2.24, 2.45) is 0 Å². The van der Waals surface area contributed by atoms with Gasteiger partial charge in [-0.3, -0.25) is 4.79 Å². The zero-order valence-corrected chi connectivity index (χ0v) is 75.8. The number of rotatable bonds is 9. The lowest BCUT2D eigenvalue weighted by atomic mass is 9.92. The molecule has 9 aliphatic heterocycles. The Morgan fingerprint density at radius 1 is 0.451 bits per heavy atom. The summed E-state index contributed by atoms with van der Waals surface area (Å²) >= 11 is 0. The summed E-state index contributed by atoms with van der Waals surface area (Å²) in [6.07, 6.45) is 11.4. The molecule has 6 N–H and O–H groups in total. The molecule has 9 saturated heterocycles. The molecule has 0 spiro atoms. The summed E-state index contributed by atoms with van der Waals surface area (Å²) in [6.45, 7) is 37.9. The maximum atomic E-state index is 12.6. The number of nitrogens with one attached hydrogen (secondary N) is 2. The fourth-order valence-corrected chi connectivity index (χ4v) is 14.0. The lowest BCUT2D eigenvalue weighted by molar-refractivity contribution is -0.247. The van der Waals surface area contributed by atoms with Crippen LogP contribution in [0.3, 0.4) is 0 Å². The normalized spacial score (nSPS) is 26.5. The van der Waals surface area contributed by atoms with Crippen LogP contribution in [0.15, 0.2) is 9.05 Å². The third-order valence-electron chi connectivity index (χ3n) is 19.8. The molecule has 39 nitrogen and oxygen atoms in total. The van der Waals surface area contributed by atoms with Crippen molar-refractivity contribution < 1.29 is 129 Å². The van der Waals surface area contributed by atoms with Gasteiger partial charge in [0, 0.05) is 65.4 Å². The summed E-state index contributed by atoms with van der Waals surface area (Å²) in [5.74, 6) is 0.234. The number of methoxy groups -OCH3 is 3. The predicted molar refractivity (Wildman–Crippen MR) is 437 cm³/mol. The van der Waals surface area contributed by atoms with Crippen molar-refractivity contribution >= 4 is 54.2 Å². The molecule has 11 rings (SSSR count). The number of Topliss-reactive ketones (excluding diaryl/α,β-unsaturated/α-hetero) is 1. The van der Waals surface area contributed by atoms with Gasteiger partial charge in [0.05, 0.1) is 60.1 Å². The van der Waals surface area contributed by atoms with E-state index in [0.717, 1.165) is 77.3 Å². The molecule has 39 heteroatoms. The number of amides is 5. The molecule has 9 aliphatic rings. The number of nitriles is 1. The largest absolute Gasteiger partial charge is 0.467 e. The SMILES string of the molecule is CC(C)(C)OC(=O)N1CCCC(=O)C1.CC(C)(C)OC(=O)N1CCCC(O)(C#N)C1.COC(=O)C1(O)CCCN(C(=O)OC(C)(C)C)C1.COC(=O)C1(O)CCCNC1.COC(=O)C1(OC2CCCCO2)CCCN(C(=O)OC(C)(C)C)C1.Cc1noc(C2(O)CCCNC2)n1.Cc1noc(C2(OC3CCCCO3)CCCN(C(=O)OC(C)(C)C)C2)n1. The Morgan fingerprint density at radius 2 is 0.852 bits per heavy atom. The first-order chi connectivity index (χ1) is 56.7. The number of hydrogen-bond donors (Lipinski definition) is 6. The zero-order valence-electron chi connectivity index (χ0n) is 75.8. The van der Waals surface area contributed by atoms with E-state index < -0.39 is 104 Å². The van der Waals surface area contributed by atoms with E-state index in [-0.39, 0.29) is 50.4 Å². The maximum Gasteiger partial charge on any atom is 0.410 e. The summed E-state index contributed by atoms with van der Waals surface area (Å²) in [4.78, 5) is 122. The number of β-amino-alcohol motifs (C(OH)–C–C–N with tert-alkyl or cyclic N) is 4. The highest BCUT2D eigenvalue weighted by Gasteiger charge is 2.51. The molecule has 0 aliphatic carbocycles. The fraction of sp³-hybridized carbons (Fsp3) is 0.831. The molecule has 9 fully saturated rings. The first kappa shape index (κ1) is 104. The number of carbonyl (C=O) groups excluding carboxylic acids is 9. The molecule has 0 bridgehead atoms. The number of ketones is 1. The minimum atomic E-state index is -1.62. The molecule has 2 aromatic rings. The summed E-state index contributed by atoms with van der Waals surface area (Å²) in [5, 5.41) is 62.0. The van der Waals surface area contributed by atoms with Crippen LogP contribution in [-0.4, -0.2) is 309 Å². The number of aryl methyl sites for hydroxylation is 2. The number of carbonyl (C=O) groups is 9. The van der Waals surface area contributed by atoms with E-state index in [1.54, 1.807) is 60.3 Å². The molecular formula is C83H140N12O27. The molecule has 2 aromatic heterocycles. The van der Waals surface area contributed by atoms with E-state index in [9.17, 15) is 63.6 Å². The minimum Gasteiger partial charge on any atom is -0.467 e. The third kappa shape index (κ3) is 35.1. The van der Waals surface area contributed by atoms with Crippen molar-refractivity contribution in [2.45, 2.75) is 320 Å². The molecule has 8 atom stereocenters. The fourth-order valence-electron chi connectivity index (χ4n) is 14.0. The number of piperidine rings is 7. The van der Waals surface area contributed by atoms with Crippen molar-refractivity contribution in [3.63, 3.8) is 0 Å². The van der Waals surface area contributed by atoms with Crippen molar-refractivity contribution in [1.82, 2.24) is 55.4 Å². The van der Waals surface area contributed by atoms with Gasteiger partial charge in [0.1, 0.15) is 28.0 Å². The summed E-state index contributed by atoms with van der Waals surface area (Å²) in [5.41, 5.74) is -10.1. The molecule has 8 unspecified atom stereocenters. The second-order valence-corrected chi connectivity index (χ2v) is 36.9. The molecule has 122 heavy (non-hydrogen) atoms. The van der Waals surface area contributed by atoms with Gasteiger partial charge in [0.25, 0.3) is 11.8 Å². The van der Waals surface area contributed by atoms with Gasteiger partial charge in [-0.2, -0.15) is 15.2 Å². The lowest BCUT2D eigenvalue weighted by Gasteiger charge is -2.42. The van der Waals surface area contributed by atoms with Crippen molar-refractivity contribution in [3.05, 3.63) is 23.4 Å². The standard InChI is InChI=1S/C18H29N3O5.C17H29NO6.C12H21NO5.C11H18N2O3.C10H17NO3.C8H13N3O2.C7H13NO3/c1-13-19-15(26-20-13)18(24-14-8-5-6-11-23-14)9-7-10-21(12-18)16(22)25-17(2,3)4;1-16(2,3)24-15(20)18-10-7-9-17(12-18,14(19)21-4)23-13-8-5-6-11-22-13;1-11(2,3)18-10(15)13-7-5-6-12(16,8-13)9(14)17-4;1-10(2,3)16-9(14)13-6-4-5-11(15,7-12)8-13;1-10(2,3)14-9(13)11-6-4-5-8(12)7-11;1-6-10-7(13-11-6)8(12)3-2-4-9-5-8;1-11-6(9)7(10)3-2-4-8-5-7/h14H,5-12H2,1-4H3;13H,5-12H2,1-4H3;16H,5-8H2,1-4H3;15H,4-6,8H2,1-3H3;4-7H2,1-3H3;9,12H,2-5H2,1H3;8,10H,2-5H2,1H3. The number of esters is 3. The van der Waals surface area contributed by atoms with Crippen LogP contribution in [-0.2, 0) is 87.2 Å². The molecule has 0 aromatic carbocycles. The smallest absolute Gasteiger partial charge is 0.410 e. The number of aromatic nitrogens is 4. The van der Waals surface area contributed by atoms with E-state index >= 15 is 0 Å². The van der Waals surface area contributed by atoms with E-state index in [1.165, 1.54) is 40.9 Å². The van der Waals surface area contributed by atoms with Crippen LogP contribution in [0.4, 0.5) is 24.0 Å². The van der Waals surface area contributed by atoms with Gasteiger partial charge in [0.15, 0.2) is 63.6 Å². The maximum absolute atomic E-state index is 12.6. The molecule has 5 amide bonds. The first-order valence-electron chi connectivity index (χ1n) is 42.3. The summed E-state index contributed by atoms with van der Waals surface area (Å²) in [6, 6.07) is 1.83. The number of nitrogens with zero attached hydrogens (tertiary/aromatic N) is 10. The Bertz CT molecular complexity index is 3700. The van der Waals surface area contributed by atoms with Crippen LogP contribution in [0.5, 0.6) is 0 Å². The Labute approximate surface area is 717 Å². The van der Waals surface area contributed by atoms with Crippen LogP contribution in [0.2, 0.25) is 0 Å². The van der Waals surface area contributed by atoms with E-state index in [2.05, 4.69) is 40.4 Å². The van der Waals surface area contributed by atoms with E-state index in [1.807, 2.05) is 68.4 Å². The Hall–Kier alpha value is -8.20. The van der Waals surface area contributed by atoms with Crippen molar-refractivity contribution in [1.29, 1.82) is 5.26 Å². The van der Waals surface area contributed by atoms with Gasteiger partial charge in [-0.15, -0.1) is 0 Å². The number of hydrogen-bond acceptors (Lipinski definition) is 34. The summed E-state index contributed by atoms with van der Waals surface area (Å²) < 4.78 is 74.7. The Balaban J connectivity index is 0.000000258. The highest BCUT2D eigenvalue weighted by Crippen LogP contribution is 2.39. The van der Waals surface area contributed by atoms with Crippen molar-refractivity contribution in [3.8, 4) is 6.07 Å². The lowest BCUT2D eigenvalue weighted by Crippen LogP contribution is -2.58. The number of likely N-dealkylation sites (tertiary alicyclic amines) is 5. The highest BCUT2D eigenvalue weighted by molar-refractivity contribution is 5.85. The van der Waals surface area contributed by atoms with Gasteiger partial charge >= 0.3 is 48.4 Å². The monoisotopic (exact) mass is 1740 g/mol. The first-order valence-corrected chi connectivity index (χ1v) is 42.3.